The van der Waals surface area contributed by atoms with E-state index in [9.17, 15) is 14.3 Å². The van der Waals surface area contributed by atoms with Gasteiger partial charge < -0.3 is 25.4 Å². The maximum Gasteiger partial charge on any atom is 0.251 e. The normalized spacial score (nSPS) is 16.3. The number of carbonyl (C=O) groups is 1. The van der Waals surface area contributed by atoms with Gasteiger partial charge in [0.05, 0.1) is 12.3 Å². The number of rotatable bonds is 9. The molecule has 6 rings (SSSR count). The molecule has 2 aromatic heterocycles. The van der Waals surface area contributed by atoms with Crippen LogP contribution >= 0.6 is 0 Å². The minimum absolute atomic E-state index is 0. The predicted molar refractivity (Wildman–Crippen MR) is 152 cm³/mol. The molecule has 2 aromatic carbocycles. The lowest BCUT2D eigenvalue weighted by molar-refractivity contribution is 0.0845. The Labute approximate surface area is 233 Å². The minimum Gasteiger partial charge on any atom is -0.439 e. The van der Waals surface area contributed by atoms with Crippen LogP contribution in [-0.2, 0) is 0 Å². The number of fused-ring (bicyclic) bond motifs is 1. The van der Waals surface area contributed by atoms with E-state index >= 15 is 0 Å². The molecule has 40 heavy (non-hydrogen) atoms. The largest absolute Gasteiger partial charge is 0.439 e. The lowest BCUT2D eigenvalue weighted by atomic mass is 10.0. The van der Waals surface area contributed by atoms with E-state index in [2.05, 4.69) is 20.6 Å². The van der Waals surface area contributed by atoms with Gasteiger partial charge in [0, 0.05) is 56.9 Å². The molecular formula is C30H35FN6O3. The molecule has 2 fully saturated rings. The molecular weight excluding hydrogens is 511 g/mol. The maximum absolute atomic E-state index is 13.8. The van der Waals surface area contributed by atoms with E-state index in [0.29, 0.717) is 41.2 Å². The first-order valence-electron chi connectivity index (χ1n) is 13.8. The van der Waals surface area contributed by atoms with E-state index in [-0.39, 0.29) is 13.4 Å². The number of aromatic nitrogens is 3. The Morgan fingerprint density at radius 2 is 1.98 bits per heavy atom. The first kappa shape index (κ1) is 26.2. The van der Waals surface area contributed by atoms with E-state index in [0.717, 1.165) is 62.0 Å². The molecule has 0 bridgehead atoms. The number of amides is 1. The standard InChI is InChI=1S/C30H33FN6O3.H2/c1-19-15-20(5-8-25(19)30(39)34-22-6-7-22)26-18-33-37-27(32-11-14-36-12-9-23(38)10-13-36)17-28(35-29(26)37)40-24-4-2-3-21(31)16-24;/h2-5,8,15-18,22-23,32,38H,6-7,9-14H2,1H3,(H,34,39);1H. The summed E-state index contributed by atoms with van der Waals surface area (Å²) in [6.45, 7) is 5.13. The van der Waals surface area contributed by atoms with Gasteiger partial charge in [-0.1, -0.05) is 18.2 Å². The summed E-state index contributed by atoms with van der Waals surface area (Å²) >= 11 is 0. The molecule has 2 aliphatic rings. The second-order valence-corrected chi connectivity index (χ2v) is 10.6. The number of likely N-dealkylation sites (tertiary alicyclic amines) is 1. The number of aliphatic hydroxyl groups is 1. The third kappa shape index (κ3) is 5.93. The zero-order chi connectivity index (χ0) is 27.6. The van der Waals surface area contributed by atoms with Gasteiger partial charge in [0.15, 0.2) is 5.65 Å². The zero-order valence-electron chi connectivity index (χ0n) is 22.4. The first-order chi connectivity index (χ1) is 19.4. The van der Waals surface area contributed by atoms with Crippen LogP contribution in [-0.4, -0.2) is 68.8 Å². The van der Waals surface area contributed by atoms with Gasteiger partial charge in [0.1, 0.15) is 17.4 Å². The Bertz CT molecular complexity index is 1530. The number of nitrogens with zero attached hydrogens (tertiary/aromatic N) is 4. The van der Waals surface area contributed by atoms with Crippen LogP contribution in [0.25, 0.3) is 16.8 Å². The highest BCUT2D eigenvalue weighted by Gasteiger charge is 2.25. The molecule has 0 atom stereocenters. The van der Waals surface area contributed by atoms with Gasteiger partial charge in [-0.15, -0.1) is 0 Å². The fourth-order valence-electron chi connectivity index (χ4n) is 5.04. The highest BCUT2D eigenvalue weighted by atomic mass is 19.1. The molecule has 9 nitrogen and oxygen atoms in total. The smallest absolute Gasteiger partial charge is 0.251 e. The average Bonchev–Trinajstić information content (AvgIpc) is 3.64. The second kappa shape index (κ2) is 11.2. The monoisotopic (exact) mass is 546 g/mol. The summed E-state index contributed by atoms with van der Waals surface area (Å²) in [7, 11) is 0. The molecule has 1 amide bonds. The Morgan fingerprint density at radius 3 is 2.73 bits per heavy atom. The van der Waals surface area contributed by atoms with E-state index in [1.54, 1.807) is 28.9 Å². The topological polar surface area (TPSA) is 104 Å². The Kier molecular flexibility index (Phi) is 7.36. The van der Waals surface area contributed by atoms with Crippen molar-refractivity contribution in [3.63, 3.8) is 0 Å². The lowest BCUT2D eigenvalue weighted by Crippen LogP contribution is -2.38. The van der Waals surface area contributed by atoms with E-state index in [4.69, 9.17) is 9.72 Å². The van der Waals surface area contributed by atoms with Crippen LogP contribution in [0, 0.1) is 12.7 Å². The summed E-state index contributed by atoms with van der Waals surface area (Å²) in [6.07, 6.45) is 5.19. The highest BCUT2D eigenvalue weighted by Crippen LogP contribution is 2.31. The molecule has 3 heterocycles. The van der Waals surface area contributed by atoms with Crippen molar-refractivity contribution in [1.29, 1.82) is 0 Å². The quantitative estimate of drug-likeness (QED) is 0.281. The Balaban J connectivity index is 0.00000337. The molecule has 4 aromatic rings. The third-order valence-electron chi connectivity index (χ3n) is 7.45. The number of piperidine rings is 1. The SMILES string of the molecule is Cc1cc(-c2cnn3c(NCCN4CCC(O)CC4)cc(Oc4cccc(F)c4)nc23)ccc1C(=O)NC1CC1.[HH]. The van der Waals surface area contributed by atoms with Crippen molar-refractivity contribution < 1.29 is 20.5 Å². The van der Waals surface area contributed by atoms with Crippen LogP contribution in [0.4, 0.5) is 10.2 Å². The zero-order valence-corrected chi connectivity index (χ0v) is 22.4. The number of aryl methyl sites for hydroxylation is 1. The summed E-state index contributed by atoms with van der Waals surface area (Å²) in [5.74, 6) is 0.898. The van der Waals surface area contributed by atoms with E-state index in [1.165, 1.54) is 12.1 Å². The number of carbonyl (C=O) groups excluding carboxylic acids is 1. The van der Waals surface area contributed by atoms with Crippen molar-refractivity contribution in [2.24, 2.45) is 0 Å². The maximum atomic E-state index is 13.8. The summed E-state index contributed by atoms with van der Waals surface area (Å²) in [5.41, 5.74) is 3.76. The number of nitrogens with one attached hydrogen (secondary N) is 2. The van der Waals surface area contributed by atoms with E-state index in [1.807, 2.05) is 25.1 Å². The fourth-order valence-corrected chi connectivity index (χ4v) is 5.04. The van der Waals surface area contributed by atoms with Crippen molar-refractivity contribution in [2.45, 2.75) is 44.8 Å². The number of halogens is 1. The molecule has 3 N–H and O–H groups in total. The summed E-state index contributed by atoms with van der Waals surface area (Å²) in [6, 6.07) is 13.7. The molecule has 1 aliphatic heterocycles. The number of aliphatic hydroxyl groups excluding tert-OH is 1. The van der Waals surface area contributed by atoms with Gasteiger partial charge in [-0.05, 0) is 61.9 Å². The molecule has 1 saturated heterocycles. The summed E-state index contributed by atoms with van der Waals surface area (Å²) in [5, 5.41) is 20.9. The van der Waals surface area contributed by atoms with Crippen LogP contribution < -0.4 is 15.4 Å². The van der Waals surface area contributed by atoms with Gasteiger partial charge in [0.2, 0.25) is 5.88 Å². The van der Waals surface area contributed by atoms with Crippen LogP contribution in [0.5, 0.6) is 11.6 Å². The number of benzene rings is 2. The molecule has 1 saturated carbocycles. The van der Waals surface area contributed by atoms with Crippen LogP contribution in [0.1, 0.15) is 43.0 Å². The first-order valence-corrected chi connectivity index (χ1v) is 13.8. The van der Waals surface area contributed by atoms with Gasteiger partial charge in [0.25, 0.3) is 5.91 Å². The number of hydrogen-bond donors (Lipinski definition) is 3. The fraction of sp³-hybridized carbons (Fsp3) is 0.367. The predicted octanol–water partition coefficient (Wildman–Crippen LogP) is 4.64. The van der Waals surface area contributed by atoms with Gasteiger partial charge in [-0.2, -0.15) is 14.6 Å². The lowest BCUT2D eigenvalue weighted by Gasteiger charge is -2.29. The number of anilines is 1. The summed E-state index contributed by atoms with van der Waals surface area (Å²) < 4.78 is 21.5. The van der Waals surface area contributed by atoms with Crippen LogP contribution in [0.15, 0.2) is 54.7 Å². The molecule has 10 heteroatoms. The van der Waals surface area contributed by atoms with Crippen LogP contribution in [0.2, 0.25) is 0 Å². The number of ether oxygens (including phenoxy) is 1. The summed E-state index contributed by atoms with van der Waals surface area (Å²) in [4.78, 5) is 19.7. The van der Waals surface area contributed by atoms with Gasteiger partial charge in [-0.3, -0.25) is 4.79 Å². The average molecular weight is 547 g/mol. The number of hydrogen-bond acceptors (Lipinski definition) is 7. The Morgan fingerprint density at radius 1 is 1.15 bits per heavy atom. The molecule has 210 valence electrons. The Hall–Kier alpha value is -4.02. The highest BCUT2D eigenvalue weighted by molar-refractivity contribution is 5.97. The van der Waals surface area contributed by atoms with Crippen molar-refractivity contribution in [1.82, 2.24) is 24.8 Å². The van der Waals surface area contributed by atoms with Gasteiger partial charge in [-0.25, -0.2) is 4.39 Å². The second-order valence-electron chi connectivity index (χ2n) is 10.6. The molecule has 0 unspecified atom stereocenters. The van der Waals surface area contributed by atoms with E-state index < -0.39 is 5.82 Å². The molecule has 0 spiro atoms. The van der Waals surface area contributed by atoms with Crippen LogP contribution in [0.3, 0.4) is 0 Å². The molecule has 0 radical (unpaired) electrons. The van der Waals surface area contributed by atoms with Crippen molar-refractivity contribution in [3.8, 4) is 22.8 Å². The van der Waals surface area contributed by atoms with Crippen molar-refractivity contribution >= 4 is 17.4 Å². The van der Waals surface area contributed by atoms with Crippen molar-refractivity contribution in [3.05, 3.63) is 71.7 Å². The molecule has 1 aliphatic carbocycles. The minimum atomic E-state index is -0.394. The van der Waals surface area contributed by atoms with Crippen molar-refractivity contribution in [2.75, 3.05) is 31.5 Å². The van der Waals surface area contributed by atoms with Gasteiger partial charge >= 0.3 is 0 Å². The third-order valence-corrected chi connectivity index (χ3v) is 7.45.